The van der Waals surface area contributed by atoms with Crippen LogP contribution in [0, 0.1) is 23.0 Å². The average molecular weight is 262 g/mol. The highest BCUT2D eigenvalue weighted by Crippen LogP contribution is 2.46. The van der Waals surface area contributed by atoms with E-state index in [0.29, 0.717) is 30.5 Å². The monoisotopic (exact) mass is 262 g/mol. The van der Waals surface area contributed by atoms with Gasteiger partial charge in [0.15, 0.2) is 0 Å². The van der Waals surface area contributed by atoms with Crippen LogP contribution in [0.4, 0.5) is 8.78 Å². The van der Waals surface area contributed by atoms with Gasteiger partial charge in [0.2, 0.25) is 0 Å². The van der Waals surface area contributed by atoms with Crippen molar-refractivity contribution in [2.45, 2.75) is 43.2 Å². The molecular formula is C15H16F2N2. The number of halogens is 2. The molecule has 3 rings (SSSR count). The Morgan fingerprint density at radius 3 is 2.16 bits per heavy atom. The lowest BCUT2D eigenvalue weighted by molar-refractivity contribution is 0.135. The Kier molecular flexibility index (Phi) is 2.83. The lowest BCUT2D eigenvalue weighted by Crippen LogP contribution is -2.47. The van der Waals surface area contributed by atoms with Gasteiger partial charge in [-0.1, -0.05) is 0 Å². The van der Waals surface area contributed by atoms with E-state index in [1.165, 1.54) is 12.1 Å². The van der Waals surface area contributed by atoms with Crippen LogP contribution in [0.15, 0.2) is 18.2 Å². The second-order valence-electron chi connectivity index (χ2n) is 5.81. The van der Waals surface area contributed by atoms with E-state index in [-0.39, 0.29) is 0 Å². The summed E-state index contributed by atoms with van der Waals surface area (Å²) in [6.07, 6.45) is 3.48. The topological polar surface area (TPSA) is 27.0 Å². The van der Waals surface area contributed by atoms with Gasteiger partial charge in [0.05, 0.1) is 11.5 Å². The van der Waals surface area contributed by atoms with Crippen molar-refractivity contribution < 1.29 is 8.78 Å². The van der Waals surface area contributed by atoms with Gasteiger partial charge in [0, 0.05) is 18.2 Å². The van der Waals surface area contributed by atoms with E-state index >= 15 is 0 Å². The zero-order valence-electron chi connectivity index (χ0n) is 10.9. The normalized spacial score (nSPS) is 34.2. The summed E-state index contributed by atoms with van der Waals surface area (Å²) >= 11 is 0. The minimum absolute atomic E-state index is 0.352. The third-order valence-corrected chi connectivity index (χ3v) is 4.78. The van der Waals surface area contributed by atoms with Crippen LogP contribution in [-0.2, 0) is 5.41 Å². The van der Waals surface area contributed by atoms with Crippen LogP contribution in [0.25, 0.3) is 0 Å². The Morgan fingerprint density at radius 2 is 1.68 bits per heavy atom. The van der Waals surface area contributed by atoms with E-state index in [1.807, 2.05) is 0 Å². The van der Waals surface area contributed by atoms with E-state index in [0.717, 1.165) is 18.9 Å². The maximum absolute atomic E-state index is 13.4. The first kappa shape index (κ1) is 12.6. The molecule has 100 valence electrons. The average Bonchev–Trinajstić information content (AvgIpc) is 2.62. The van der Waals surface area contributed by atoms with E-state index in [1.54, 1.807) is 0 Å². The minimum atomic E-state index is -0.735. The molecule has 0 radical (unpaired) electrons. The van der Waals surface area contributed by atoms with Crippen molar-refractivity contribution in [3.63, 3.8) is 0 Å². The van der Waals surface area contributed by atoms with Crippen molar-refractivity contribution in [2.24, 2.45) is 0 Å². The quantitative estimate of drug-likeness (QED) is 0.778. The molecule has 1 aromatic carbocycles. The van der Waals surface area contributed by atoms with Crippen LogP contribution >= 0.6 is 0 Å². The molecule has 0 aliphatic carbocycles. The third kappa shape index (κ3) is 1.93. The Bertz CT molecular complexity index is 515. The summed E-state index contributed by atoms with van der Waals surface area (Å²) in [5.74, 6) is -1.20. The lowest BCUT2D eigenvalue weighted by atomic mass is 9.71. The number of nitrogens with zero attached hydrogens (tertiary/aromatic N) is 2. The van der Waals surface area contributed by atoms with Crippen LogP contribution in [0.1, 0.15) is 31.2 Å². The predicted molar refractivity (Wildman–Crippen MR) is 67.5 cm³/mol. The second-order valence-corrected chi connectivity index (χ2v) is 5.81. The maximum atomic E-state index is 13.4. The van der Waals surface area contributed by atoms with Gasteiger partial charge in [-0.05, 0) is 50.4 Å². The van der Waals surface area contributed by atoms with Gasteiger partial charge in [-0.25, -0.2) is 8.78 Å². The Labute approximate surface area is 111 Å². The minimum Gasteiger partial charge on any atom is -0.300 e. The van der Waals surface area contributed by atoms with Crippen LogP contribution < -0.4 is 0 Å². The van der Waals surface area contributed by atoms with Gasteiger partial charge in [-0.15, -0.1) is 0 Å². The van der Waals surface area contributed by atoms with Crippen molar-refractivity contribution in [1.82, 2.24) is 4.90 Å². The van der Waals surface area contributed by atoms with Crippen LogP contribution in [0.3, 0.4) is 0 Å². The summed E-state index contributed by atoms with van der Waals surface area (Å²) in [6.45, 7) is 0. The summed E-state index contributed by atoms with van der Waals surface area (Å²) in [5, 5.41) is 9.61. The molecule has 0 spiro atoms. The molecule has 2 heterocycles. The van der Waals surface area contributed by atoms with Crippen molar-refractivity contribution in [3.05, 3.63) is 35.4 Å². The number of rotatable bonds is 1. The van der Waals surface area contributed by atoms with Crippen LogP contribution in [-0.4, -0.2) is 24.0 Å². The number of piperidine rings is 1. The highest BCUT2D eigenvalue weighted by Gasteiger charge is 2.48. The molecular weight excluding hydrogens is 246 g/mol. The van der Waals surface area contributed by atoms with Gasteiger partial charge in [0.1, 0.15) is 11.6 Å². The third-order valence-electron chi connectivity index (χ3n) is 4.78. The van der Waals surface area contributed by atoms with Crippen molar-refractivity contribution in [2.75, 3.05) is 7.05 Å². The molecule has 19 heavy (non-hydrogen) atoms. The molecule has 2 aliphatic rings. The first-order valence-corrected chi connectivity index (χ1v) is 6.64. The molecule has 0 aromatic heterocycles. The summed E-state index contributed by atoms with van der Waals surface area (Å²) in [7, 11) is 2.08. The first-order chi connectivity index (χ1) is 9.04. The molecule has 2 atom stereocenters. The van der Waals surface area contributed by atoms with Crippen molar-refractivity contribution in [1.29, 1.82) is 5.26 Å². The predicted octanol–water partition coefficient (Wildman–Crippen LogP) is 2.98. The molecule has 2 saturated heterocycles. The Balaban J connectivity index is 2.03. The fraction of sp³-hybridized carbons (Fsp3) is 0.533. The van der Waals surface area contributed by atoms with Gasteiger partial charge in [0.25, 0.3) is 0 Å². The Morgan fingerprint density at radius 1 is 1.16 bits per heavy atom. The number of fused-ring (bicyclic) bond motifs is 2. The molecule has 2 bridgehead atoms. The fourth-order valence-electron chi connectivity index (χ4n) is 3.69. The molecule has 2 unspecified atom stereocenters. The SMILES string of the molecule is CN1C2CCC1CC(C#N)(c1cc(F)cc(F)c1)C2. The highest BCUT2D eigenvalue weighted by molar-refractivity contribution is 5.35. The summed E-state index contributed by atoms with van der Waals surface area (Å²) < 4.78 is 26.8. The van der Waals surface area contributed by atoms with Crippen molar-refractivity contribution >= 4 is 0 Å². The Hall–Kier alpha value is -1.47. The highest BCUT2D eigenvalue weighted by atomic mass is 19.1. The molecule has 2 fully saturated rings. The van der Waals surface area contributed by atoms with E-state index in [9.17, 15) is 14.0 Å². The van der Waals surface area contributed by atoms with Gasteiger partial charge in [-0.3, -0.25) is 0 Å². The molecule has 0 N–H and O–H groups in total. The van der Waals surface area contributed by atoms with Crippen LogP contribution in [0.2, 0.25) is 0 Å². The second kappa shape index (κ2) is 4.28. The summed E-state index contributed by atoms with van der Waals surface area (Å²) in [5.41, 5.74) is -0.237. The lowest BCUT2D eigenvalue weighted by Gasteiger charge is -2.41. The molecule has 1 aromatic rings. The molecule has 2 nitrogen and oxygen atoms in total. The zero-order valence-corrected chi connectivity index (χ0v) is 10.9. The smallest absolute Gasteiger partial charge is 0.126 e. The van der Waals surface area contributed by atoms with E-state index in [2.05, 4.69) is 18.0 Å². The number of hydrogen-bond acceptors (Lipinski definition) is 2. The molecule has 2 aliphatic heterocycles. The van der Waals surface area contributed by atoms with E-state index in [4.69, 9.17) is 0 Å². The number of benzene rings is 1. The van der Waals surface area contributed by atoms with Gasteiger partial charge < -0.3 is 4.90 Å². The summed E-state index contributed by atoms with van der Waals surface area (Å²) in [4.78, 5) is 2.31. The van der Waals surface area contributed by atoms with Gasteiger partial charge >= 0.3 is 0 Å². The first-order valence-electron chi connectivity index (χ1n) is 6.64. The molecule has 4 heteroatoms. The largest absolute Gasteiger partial charge is 0.300 e. The maximum Gasteiger partial charge on any atom is 0.126 e. The molecule has 0 saturated carbocycles. The summed E-state index contributed by atoms with van der Waals surface area (Å²) in [6, 6.07) is 6.55. The molecule has 0 amide bonds. The van der Waals surface area contributed by atoms with Gasteiger partial charge in [-0.2, -0.15) is 5.26 Å². The van der Waals surface area contributed by atoms with E-state index < -0.39 is 17.0 Å². The number of nitriles is 1. The van der Waals surface area contributed by atoms with Crippen LogP contribution in [0.5, 0.6) is 0 Å². The fourth-order valence-corrected chi connectivity index (χ4v) is 3.69. The zero-order chi connectivity index (χ0) is 13.6. The standard InChI is InChI=1S/C15H16F2N2/c1-19-13-2-3-14(19)8-15(7-13,9-18)10-4-11(16)6-12(17)5-10/h4-6,13-14H,2-3,7-8H2,1H3. The van der Waals surface area contributed by atoms with Crippen molar-refractivity contribution in [3.8, 4) is 6.07 Å². The number of hydrogen-bond donors (Lipinski definition) is 0.